The summed E-state index contributed by atoms with van der Waals surface area (Å²) in [5.74, 6) is 0.159. The molecule has 11 nitrogen and oxygen atoms in total. The van der Waals surface area contributed by atoms with Crippen LogP contribution < -0.4 is 14.9 Å². The van der Waals surface area contributed by atoms with E-state index in [1.54, 1.807) is 13.8 Å². The largest absolute Gasteiger partial charge is 0.502 e. The summed E-state index contributed by atoms with van der Waals surface area (Å²) < 4.78 is 36.6. The molecule has 0 aliphatic rings. The average Bonchev–Trinajstić information content (AvgIpc) is 2.75. The van der Waals surface area contributed by atoms with Crippen LogP contribution in [-0.2, 0) is 10.0 Å². The second kappa shape index (κ2) is 10.1. The molecular formula is C19H24N4O7S. The minimum atomic E-state index is -3.85. The highest BCUT2D eigenvalue weighted by Gasteiger charge is 2.25. The van der Waals surface area contributed by atoms with Gasteiger partial charge in [-0.25, -0.2) is 8.42 Å². The van der Waals surface area contributed by atoms with E-state index in [0.717, 1.165) is 6.07 Å². The molecule has 0 unspecified atom stereocenters. The van der Waals surface area contributed by atoms with Gasteiger partial charge in [0.15, 0.2) is 11.5 Å². The quantitative estimate of drug-likeness (QED) is 0.318. The lowest BCUT2D eigenvalue weighted by molar-refractivity contribution is -0.384. The molecule has 2 N–H and O–H groups in total. The standard InChI is InChI=1S/C19H24N4O7S/c1-5-22(6-2)31(27,28)14-7-8-15(16(11-14)23(25)26)21-20-12-13-9-17(29-3)19(24)18(10-13)30-4/h7-12,21,24H,5-6H2,1-4H3/b20-12-. The summed E-state index contributed by atoms with van der Waals surface area (Å²) in [6, 6.07) is 6.56. The Morgan fingerprint density at radius 2 is 1.74 bits per heavy atom. The van der Waals surface area contributed by atoms with Crippen molar-refractivity contribution in [1.82, 2.24) is 4.31 Å². The lowest BCUT2D eigenvalue weighted by Gasteiger charge is -2.18. The van der Waals surface area contributed by atoms with Crippen LogP contribution >= 0.6 is 0 Å². The highest BCUT2D eigenvalue weighted by Crippen LogP contribution is 2.36. The van der Waals surface area contributed by atoms with E-state index in [1.165, 1.54) is 49.0 Å². The van der Waals surface area contributed by atoms with Crippen LogP contribution in [0.4, 0.5) is 11.4 Å². The minimum absolute atomic E-state index is 0.0115. The molecule has 2 aromatic carbocycles. The molecule has 0 atom stereocenters. The number of aromatic hydroxyl groups is 1. The van der Waals surface area contributed by atoms with Crippen LogP contribution in [0.2, 0.25) is 0 Å². The fourth-order valence-corrected chi connectivity index (χ4v) is 4.27. The molecule has 0 fully saturated rings. The van der Waals surface area contributed by atoms with Crippen LogP contribution in [0.15, 0.2) is 40.3 Å². The van der Waals surface area contributed by atoms with Gasteiger partial charge in [0, 0.05) is 24.7 Å². The van der Waals surface area contributed by atoms with Gasteiger partial charge in [-0.15, -0.1) is 0 Å². The number of methoxy groups -OCH3 is 2. The third-order valence-electron chi connectivity index (χ3n) is 4.41. The van der Waals surface area contributed by atoms with E-state index in [0.29, 0.717) is 5.56 Å². The van der Waals surface area contributed by atoms with Gasteiger partial charge in [-0.1, -0.05) is 13.8 Å². The zero-order valence-corrected chi connectivity index (χ0v) is 18.3. The Morgan fingerprint density at radius 1 is 1.16 bits per heavy atom. The third kappa shape index (κ3) is 5.22. The number of rotatable bonds is 10. The van der Waals surface area contributed by atoms with Crippen molar-refractivity contribution < 1.29 is 27.9 Å². The highest BCUT2D eigenvalue weighted by atomic mass is 32.2. The number of sulfonamides is 1. The van der Waals surface area contributed by atoms with Gasteiger partial charge in [0.2, 0.25) is 15.8 Å². The second-order valence-electron chi connectivity index (χ2n) is 6.17. The average molecular weight is 452 g/mol. The van der Waals surface area contributed by atoms with Crippen molar-refractivity contribution in [3.63, 3.8) is 0 Å². The van der Waals surface area contributed by atoms with Crippen LogP contribution in [0.5, 0.6) is 17.2 Å². The molecule has 2 rings (SSSR count). The van der Waals surface area contributed by atoms with Crippen LogP contribution in [0.1, 0.15) is 19.4 Å². The Bertz CT molecular complexity index is 1060. The first-order valence-electron chi connectivity index (χ1n) is 9.22. The molecule has 2 aromatic rings. The highest BCUT2D eigenvalue weighted by molar-refractivity contribution is 7.89. The first kappa shape index (κ1) is 23.9. The van der Waals surface area contributed by atoms with E-state index >= 15 is 0 Å². The van der Waals surface area contributed by atoms with Crippen molar-refractivity contribution in [1.29, 1.82) is 0 Å². The van der Waals surface area contributed by atoms with E-state index in [4.69, 9.17) is 9.47 Å². The number of hydrogen-bond donors (Lipinski definition) is 2. The molecule has 0 radical (unpaired) electrons. The number of phenols is 1. The maximum Gasteiger partial charge on any atom is 0.295 e. The molecule has 12 heteroatoms. The summed E-state index contributed by atoms with van der Waals surface area (Å²) in [7, 11) is -1.09. The Hall–Kier alpha value is -3.38. The number of nitrogens with zero attached hydrogens (tertiary/aromatic N) is 3. The number of anilines is 1. The van der Waals surface area contributed by atoms with Gasteiger partial charge in [0.1, 0.15) is 5.69 Å². The molecule has 168 valence electrons. The Morgan fingerprint density at radius 3 is 2.23 bits per heavy atom. The lowest BCUT2D eigenvalue weighted by atomic mass is 10.2. The molecule has 0 aromatic heterocycles. The van der Waals surface area contributed by atoms with E-state index < -0.39 is 20.6 Å². The number of ether oxygens (including phenoxy) is 2. The van der Waals surface area contributed by atoms with Crippen molar-refractivity contribution in [3.8, 4) is 17.2 Å². The fraction of sp³-hybridized carbons (Fsp3) is 0.316. The predicted molar refractivity (Wildman–Crippen MR) is 116 cm³/mol. The summed E-state index contributed by atoms with van der Waals surface area (Å²) in [6.45, 7) is 3.87. The molecule has 0 spiro atoms. The molecule has 0 saturated heterocycles. The van der Waals surface area contributed by atoms with E-state index in [2.05, 4.69) is 10.5 Å². The topological polar surface area (TPSA) is 144 Å². The first-order valence-corrected chi connectivity index (χ1v) is 10.7. The number of nitro groups is 1. The van der Waals surface area contributed by atoms with Gasteiger partial charge in [0.25, 0.3) is 5.69 Å². The second-order valence-corrected chi connectivity index (χ2v) is 8.11. The van der Waals surface area contributed by atoms with Crippen molar-refractivity contribution in [2.24, 2.45) is 5.10 Å². The smallest absolute Gasteiger partial charge is 0.295 e. The first-order chi connectivity index (χ1) is 14.7. The van der Waals surface area contributed by atoms with E-state index in [9.17, 15) is 23.6 Å². The lowest BCUT2D eigenvalue weighted by Crippen LogP contribution is -2.30. The molecule has 0 aliphatic carbocycles. The summed E-state index contributed by atoms with van der Waals surface area (Å²) in [5, 5.41) is 25.4. The minimum Gasteiger partial charge on any atom is -0.502 e. The molecule has 0 bridgehead atoms. The van der Waals surface area contributed by atoms with Crippen LogP contribution in [0.3, 0.4) is 0 Å². The van der Waals surface area contributed by atoms with E-state index in [-0.39, 0.29) is 40.9 Å². The van der Waals surface area contributed by atoms with Crippen LogP contribution in [-0.4, -0.2) is 56.3 Å². The Labute approximate surface area is 180 Å². The summed E-state index contributed by atoms with van der Waals surface area (Å²) in [5.41, 5.74) is 2.60. The van der Waals surface area contributed by atoms with Crippen LogP contribution in [0, 0.1) is 10.1 Å². The van der Waals surface area contributed by atoms with Crippen LogP contribution in [0.25, 0.3) is 0 Å². The van der Waals surface area contributed by atoms with Crippen molar-refractivity contribution in [3.05, 3.63) is 46.0 Å². The Balaban J connectivity index is 2.35. The van der Waals surface area contributed by atoms with Crippen molar-refractivity contribution in [2.45, 2.75) is 18.7 Å². The summed E-state index contributed by atoms with van der Waals surface area (Å²) >= 11 is 0. The number of nitrogens with one attached hydrogen (secondary N) is 1. The molecule has 0 saturated carbocycles. The normalized spacial score (nSPS) is 11.6. The van der Waals surface area contributed by atoms with Gasteiger partial charge < -0.3 is 14.6 Å². The van der Waals surface area contributed by atoms with Gasteiger partial charge in [-0.05, 0) is 24.3 Å². The summed E-state index contributed by atoms with van der Waals surface area (Å²) in [6.07, 6.45) is 1.34. The maximum absolute atomic E-state index is 12.6. The van der Waals surface area contributed by atoms with E-state index in [1.807, 2.05) is 0 Å². The molecular weight excluding hydrogens is 428 g/mol. The van der Waals surface area contributed by atoms with Gasteiger partial charge in [-0.3, -0.25) is 15.5 Å². The zero-order chi connectivity index (χ0) is 23.2. The number of hydrazone groups is 1. The van der Waals surface area contributed by atoms with Gasteiger partial charge in [-0.2, -0.15) is 9.41 Å². The summed E-state index contributed by atoms with van der Waals surface area (Å²) in [4.78, 5) is 10.6. The maximum atomic E-state index is 12.6. The Kier molecular flexibility index (Phi) is 7.78. The molecule has 31 heavy (non-hydrogen) atoms. The fourth-order valence-electron chi connectivity index (χ4n) is 2.79. The third-order valence-corrected chi connectivity index (χ3v) is 6.46. The SMILES string of the molecule is CCN(CC)S(=O)(=O)c1ccc(N/N=C\c2cc(OC)c(O)c(OC)c2)c([N+](=O)[O-])c1. The zero-order valence-electron chi connectivity index (χ0n) is 17.5. The molecule has 0 amide bonds. The number of phenolic OH excluding ortho intramolecular Hbond substituents is 1. The van der Waals surface area contributed by atoms with Crippen molar-refractivity contribution in [2.75, 3.05) is 32.7 Å². The predicted octanol–water partition coefficient (Wildman–Crippen LogP) is 2.79. The van der Waals surface area contributed by atoms with Gasteiger partial charge >= 0.3 is 0 Å². The number of nitro benzene ring substituents is 1. The van der Waals surface area contributed by atoms with Gasteiger partial charge in [0.05, 0.1) is 30.3 Å². The van der Waals surface area contributed by atoms with Crippen molar-refractivity contribution >= 4 is 27.6 Å². The molecule has 0 aliphatic heterocycles. The molecule has 0 heterocycles. The monoisotopic (exact) mass is 452 g/mol. The number of benzene rings is 2. The number of hydrogen-bond acceptors (Lipinski definition) is 9.